The van der Waals surface area contributed by atoms with Crippen LogP contribution in [0, 0.1) is 0 Å². The van der Waals surface area contributed by atoms with Crippen molar-refractivity contribution < 1.29 is 23.8 Å². The van der Waals surface area contributed by atoms with Crippen LogP contribution in [0.2, 0.25) is 5.02 Å². The SMILES string of the molecule is CCOC(=O)c1cnc(S[C@@H](CC)C(=O)Nc2cc(Cl)c(OC)cc2OC)nc1N. The number of nitrogens with one attached hydrogen (secondary N) is 1. The third-order valence-electron chi connectivity index (χ3n) is 3.93. The van der Waals surface area contributed by atoms with E-state index in [1.54, 1.807) is 19.1 Å². The Morgan fingerprint density at radius 2 is 1.93 bits per heavy atom. The zero-order valence-electron chi connectivity index (χ0n) is 17.0. The Hall–Kier alpha value is -2.72. The third-order valence-corrected chi connectivity index (χ3v) is 5.47. The second-order valence-electron chi connectivity index (χ2n) is 5.86. The average Bonchev–Trinajstić information content (AvgIpc) is 2.72. The van der Waals surface area contributed by atoms with Crippen molar-refractivity contribution in [3.63, 3.8) is 0 Å². The number of nitrogen functional groups attached to an aromatic ring is 1. The molecule has 30 heavy (non-hydrogen) atoms. The Bertz CT molecular complexity index is 928. The molecule has 1 amide bonds. The lowest BCUT2D eigenvalue weighted by Gasteiger charge is -2.17. The van der Waals surface area contributed by atoms with Crippen molar-refractivity contribution in [3.05, 3.63) is 28.9 Å². The summed E-state index contributed by atoms with van der Waals surface area (Å²) in [6.07, 6.45) is 1.78. The molecule has 0 unspecified atom stereocenters. The molecule has 0 fully saturated rings. The van der Waals surface area contributed by atoms with Gasteiger partial charge in [-0.3, -0.25) is 4.79 Å². The van der Waals surface area contributed by atoms with Crippen LogP contribution < -0.4 is 20.5 Å². The van der Waals surface area contributed by atoms with Gasteiger partial charge in [0.1, 0.15) is 22.9 Å². The molecule has 9 nitrogen and oxygen atoms in total. The van der Waals surface area contributed by atoms with Crippen molar-refractivity contribution in [3.8, 4) is 11.5 Å². The number of rotatable bonds is 9. The number of anilines is 2. The van der Waals surface area contributed by atoms with Gasteiger partial charge in [-0.05, 0) is 19.4 Å². The van der Waals surface area contributed by atoms with E-state index in [9.17, 15) is 9.59 Å². The van der Waals surface area contributed by atoms with Gasteiger partial charge in [-0.25, -0.2) is 14.8 Å². The molecule has 0 aliphatic heterocycles. The number of nitrogens with zero attached hydrogens (tertiary/aromatic N) is 2. The summed E-state index contributed by atoms with van der Waals surface area (Å²) in [5.74, 6) is -0.0643. The molecule has 11 heteroatoms. The minimum absolute atomic E-state index is 0.00943. The van der Waals surface area contributed by atoms with Crippen molar-refractivity contribution >= 4 is 46.7 Å². The number of carbonyl (C=O) groups excluding carboxylic acids is 2. The molecule has 0 saturated carbocycles. The molecule has 1 aromatic carbocycles. The van der Waals surface area contributed by atoms with Gasteiger partial charge in [0.05, 0.1) is 36.8 Å². The van der Waals surface area contributed by atoms with Gasteiger partial charge in [-0.15, -0.1) is 0 Å². The van der Waals surface area contributed by atoms with Gasteiger partial charge in [-0.1, -0.05) is 30.3 Å². The molecule has 1 aromatic heterocycles. The lowest BCUT2D eigenvalue weighted by atomic mass is 10.2. The highest BCUT2D eigenvalue weighted by Crippen LogP contribution is 2.36. The molecule has 3 N–H and O–H groups in total. The van der Waals surface area contributed by atoms with E-state index in [0.29, 0.717) is 28.6 Å². The van der Waals surface area contributed by atoms with Gasteiger partial charge < -0.3 is 25.3 Å². The molecule has 1 atom stereocenters. The molecule has 0 aliphatic carbocycles. The highest BCUT2D eigenvalue weighted by molar-refractivity contribution is 8.00. The molecule has 1 heterocycles. The molecule has 0 bridgehead atoms. The van der Waals surface area contributed by atoms with Gasteiger partial charge >= 0.3 is 5.97 Å². The van der Waals surface area contributed by atoms with Crippen molar-refractivity contribution in [2.75, 3.05) is 31.9 Å². The van der Waals surface area contributed by atoms with Crippen LogP contribution in [0.15, 0.2) is 23.5 Å². The van der Waals surface area contributed by atoms with Crippen LogP contribution >= 0.6 is 23.4 Å². The van der Waals surface area contributed by atoms with E-state index in [1.165, 1.54) is 20.4 Å². The second-order valence-corrected chi connectivity index (χ2v) is 7.44. The number of nitrogens with two attached hydrogens (primary N) is 1. The fourth-order valence-electron chi connectivity index (χ4n) is 2.42. The maximum Gasteiger partial charge on any atom is 0.343 e. The summed E-state index contributed by atoms with van der Waals surface area (Å²) >= 11 is 7.28. The summed E-state index contributed by atoms with van der Waals surface area (Å²) in [5.41, 5.74) is 6.33. The first-order valence-corrected chi connectivity index (χ1v) is 10.3. The largest absolute Gasteiger partial charge is 0.495 e. The lowest BCUT2D eigenvalue weighted by molar-refractivity contribution is -0.115. The van der Waals surface area contributed by atoms with Crippen molar-refractivity contribution in [2.45, 2.75) is 30.7 Å². The quantitative estimate of drug-likeness (QED) is 0.333. The van der Waals surface area contributed by atoms with E-state index in [2.05, 4.69) is 15.3 Å². The molecular formula is C19H23ClN4O5S. The molecule has 0 saturated heterocycles. The summed E-state index contributed by atoms with van der Waals surface area (Å²) < 4.78 is 15.4. The maximum atomic E-state index is 12.8. The Kier molecular flexibility index (Phi) is 8.55. The highest BCUT2D eigenvalue weighted by Gasteiger charge is 2.23. The number of halogens is 1. The van der Waals surface area contributed by atoms with Crippen molar-refractivity contribution in [1.29, 1.82) is 0 Å². The third kappa shape index (κ3) is 5.67. The molecule has 162 valence electrons. The van der Waals surface area contributed by atoms with Crippen molar-refractivity contribution in [2.24, 2.45) is 0 Å². The smallest absolute Gasteiger partial charge is 0.343 e. The number of thioether (sulfide) groups is 1. The first kappa shape index (κ1) is 23.6. The molecular weight excluding hydrogens is 432 g/mol. The number of methoxy groups -OCH3 is 2. The van der Waals surface area contributed by atoms with Gasteiger partial charge in [0.2, 0.25) is 5.91 Å². The highest BCUT2D eigenvalue weighted by atomic mass is 35.5. The molecule has 2 rings (SSSR count). The fraction of sp³-hybridized carbons (Fsp3) is 0.368. The van der Waals surface area contributed by atoms with Crippen LogP contribution in [-0.4, -0.2) is 47.9 Å². The maximum absolute atomic E-state index is 12.8. The lowest BCUT2D eigenvalue weighted by Crippen LogP contribution is -2.25. The number of carbonyl (C=O) groups is 2. The minimum Gasteiger partial charge on any atom is -0.495 e. The summed E-state index contributed by atoms with van der Waals surface area (Å²) in [6, 6.07) is 3.14. The van der Waals surface area contributed by atoms with Crippen LogP contribution in [0.3, 0.4) is 0 Å². The zero-order valence-corrected chi connectivity index (χ0v) is 18.6. The van der Waals surface area contributed by atoms with E-state index >= 15 is 0 Å². The fourth-order valence-corrected chi connectivity index (χ4v) is 3.51. The van der Waals surface area contributed by atoms with Crippen LogP contribution in [0.4, 0.5) is 11.5 Å². The van der Waals surface area contributed by atoms with E-state index in [-0.39, 0.29) is 29.1 Å². The molecule has 2 aromatic rings. The Morgan fingerprint density at radius 1 is 1.23 bits per heavy atom. The Balaban J connectivity index is 2.17. The Labute approximate surface area is 183 Å². The number of hydrogen-bond donors (Lipinski definition) is 2. The predicted octanol–water partition coefficient (Wildman–Crippen LogP) is 3.42. The van der Waals surface area contributed by atoms with E-state index in [4.69, 9.17) is 31.5 Å². The zero-order chi connectivity index (χ0) is 22.3. The van der Waals surface area contributed by atoms with Crippen LogP contribution in [-0.2, 0) is 9.53 Å². The number of aromatic nitrogens is 2. The standard InChI is InChI=1S/C19H23ClN4O5S/c1-5-15(30-19-22-9-10(16(21)24-19)18(26)29-6-2)17(25)23-12-7-11(20)13(27-3)8-14(12)28-4/h7-9,15H,5-6H2,1-4H3,(H,23,25)(H2,21,22,24)/t15-/m0/s1. The van der Waals surface area contributed by atoms with Crippen LogP contribution in [0.25, 0.3) is 0 Å². The number of esters is 1. The molecule has 0 spiro atoms. The number of benzene rings is 1. The first-order chi connectivity index (χ1) is 14.3. The number of hydrogen-bond acceptors (Lipinski definition) is 9. The van der Waals surface area contributed by atoms with E-state index in [0.717, 1.165) is 11.8 Å². The van der Waals surface area contributed by atoms with E-state index in [1.807, 2.05) is 6.92 Å². The summed E-state index contributed by atoms with van der Waals surface area (Å²) in [4.78, 5) is 32.8. The first-order valence-electron chi connectivity index (χ1n) is 9.03. The topological polar surface area (TPSA) is 126 Å². The van der Waals surface area contributed by atoms with Crippen LogP contribution in [0.1, 0.15) is 30.6 Å². The second kappa shape index (κ2) is 10.9. The van der Waals surface area contributed by atoms with Gasteiger partial charge in [-0.2, -0.15) is 0 Å². The monoisotopic (exact) mass is 454 g/mol. The number of ether oxygens (including phenoxy) is 3. The predicted molar refractivity (Wildman–Crippen MR) is 116 cm³/mol. The van der Waals surface area contributed by atoms with Gasteiger partial charge in [0.15, 0.2) is 5.16 Å². The Morgan fingerprint density at radius 3 is 2.50 bits per heavy atom. The van der Waals surface area contributed by atoms with Crippen molar-refractivity contribution in [1.82, 2.24) is 9.97 Å². The van der Waals surface area contributed by atoms with E-state index < -0.39 is 11.2 Å². The minimum atomic E-state index is -0.597. The molecule has 0 aliphatic rings. The summed E-state index contributed by atoms with van der Waals surface area (Å²) in [6.45, 7) is 3.76. The average molecular weight is 455 g/mol. The summed E-state index contributed by atoms with van der Waals surface area (Å²) in [7, 11) is 2.97. The van der Waals surface area contributed by atoms with Crippen LogP contribution in [0.5, 0.6) is 11.5 Å². The number of amides is 1. The van der Waals surface area contributed by atoms with Gasteiger partial charge in [0.25, 0.3) is 0 Å². The normalized spacial score (nSPS) is 11.5. The van der Waals surface area contributed by atoms with Gasteiger partial charge in [0, 0.05) is 12.3 Å². The molecule has 0 radical (unpaired) electrons. The summed E-state index contributed by atoms with van der Waals surface area (Å²) in [5, 5.41) is 2.87.